The van der Waals surface area contributed by atoms with Gasteiger partial charge in [0.15, 0.2) is 0 Å². The second kappa shape index (κ2) is 8.54. The molecule has 1 aliphatic rings. The van der Waals surface area contributed by atoms with Crippen LogP contribution in [-0.4, -0.2) is 31.7 Å². The Bertz CT molecular complexity index is 1030. The summed E-state index contributed by atoms with van der Waals surface area (Å²) in [4.78, 5) is 23.1. The highest BCUT2D eigenvalue weighted by Gasteiger charge is 2.40. The van der Waals surface area contributed by atoms with E-state index in [1.165, 1.54) is 19.2 Å². The molecule has 0 spiro atoms. The van der Waals surface area contributed by atoms with Crippen molar-refractivity contribution in [3.05, 3.63) is 69.3 Å². The molecule has 2 aromatic rings. The number of amides is 1. The Labute approximate surface area is 172 Å². The van der Waals surface area contributed by atoms with Gasteiger partial charge >= 0.3 is 0 Å². The smallest absolute Gasteiger partial charge is 0.280 e. The standard InChI is InChI=1S/C18H18ClFN4O4S/c1-24-17(18(25)22-13-6-7-15(20)14(19)8-13)9-16(23-29(24,27)28)12-4-2-11(3-5-12)10-21-26/h2-8,16-17,23H,9-10H2,1H3,(H,22,25)/t16-,17+/m0/s1. The molecular formula is C18H18ClFN4O4S. The molecule has 154 valence electrons. The third-order valence-electron chi connectivity index (χ3n) is 4.69. The number of nitrogens with one attached hydrogen (secondary N) is 2. The van der Waals surface area contributed by atoms with Crippen molar-refractivity contribution in [1.29, 1.82) is 0 Å². The average Bonchev–Trinajstić information content (AvgIpc) is 2.67. The van der Waals surface area contributed by atoms with Crippen molar-refractivity contribution in [2.45, 2.75) is 25.0 Å². The van der Waals surface area contributed by atoms with Gasteiger partial charge in [-0.1, -0.05) is 41.0 Å². The summed E-state index contributed by atoms with van der Waals surface area (Å²) >= 11 is 5.73. The fraction of sp³-hybridized carbons (Fsp3) is 0.278. The second-order valence-corrected chi connectivity index (χ2v) is 8.76. The van der Waals surface area contributed by atoms with Gasteiger partial charge < -0.3 is 5.32 Å². The molecule has 1 fully saturated rings. The number of hydrogen-bond donors (Lipinski definition) is 2. The Morgan fingerprint density at radius 1 is 1.31 bits per heavy atom. The summed E-state index contributed by atoms with van der Waals surface area (Å²) in [6, 6.07) is 8.81. The monoisotopic (exact) mass is 440 g/mol. The summed E-state index contributed by atoms with van der Waals surface area (Å²) in [6.45, 7) is 0.0185. The fourth-order valence-electron chi connectivity index (χ4n) is 3.06. The predicted molar refractivity (Wildman–Crippen MR) is 107 cm³/mol. The van der Waals surface area contributed by atoms with Gasteiger partial charge in [-0.2, -0.15) is 22.4 Å². The zero-order valence-corrected chi connectivity index (χ0v) is 16.9. The van der Waals surface area contributed by atoms with Gasteiger partial charge in [0.2, 0.25) is 5.91 Å². The lowest BCUT2D eigenvalue weighted by Gasteiger charge is -2.36. The largest absolute Gasteiger partial charge is 0.325 e. The first kappa shape index (κ1) is 21.3. The molecule has 29 heavy (non-hydrogen) atoms. The predicted octanol–water partition coefficient (Wildman–Crippen LogP) is 2.96. The van der Waals surface area contributed by atoms with Gasteiger partial charge in [-0.05, 0) is 35.7 Å². The minimum absolute atomic E-state index is 0.0185. The lowest BCUT2D eigenvalue weighted by Crippen LogP contribution is -2.55. The Kier molecular flexibility index (Phi) is 6.27. The van der Waals surface area contributed by atoms with E-state index in [1.54, 1.807) is 24.3 Å². The third kappa shape index (κ3) is 4.78. The van der Waals surface area contributed by atoms with E-state index in [1.807, 2.05) is 0 Å². The van der Waals surface area contributed by atoms with Crippen LogP contribution < -0.4 is 10.0 Å². The number of nitrogens with zero attached hydrogens (tertiary/aromatic N) is 2. The van der Waals surface area contributed by atoms with Crippen LogP contribution in [0.15, 0.2) is 47.6 Å². The summed E-state index contributed by atoms with van der Waals surface area (Å²) in [5, 5.41) is 5.23. The van der Waals surface area contributed by atoms with Crippen LogP contribution >= 0.6 is 11.6 Å². The summed E-state index contributed by atoms with van der Waals surface area (Å²) in [7, 11) is -2.61. The van der Waals surface area contributed by atoms with Crippen LogP contribution in [0.3, 0.4) is 0 Å². The van der Waals surface area contributed by atoms with E-state index in [2.05, 4.69) is 15.2 Å². The maximum absolute atomic E-state index is 13.3. The molecule has 8 nitrogen and oxygen atoms in total. The topological polar surface area (TPSA) is 108 Å². The van der Waals surface area contributed by atoms with Crippen molar-refractivity contribution in [3.63, 3.8) is 0 Å². The van der Waals surface area contributed by atoms with Crippen LogP contribution in [0.4, 0.5) is 10.1 Å². The number of hydrogen-bond acceptors (Lipinski definition) is 5. The van der Waals surface area contributed by atoms with Crippen molar-refractivity contribution in [1.82, 2.24) is 9.03 Å². The number of rotatable bonds is 5. The minimum Gasteiger partial charge on any atom is -0.325 e. The molecular weight excluding hydrogens is 423 g/mol. The van der Waals surface area contributed by atoms with Gasteiger partial charge in [0.05, 0.1) is 5.02 Å². The van der Waals surface area contributed by atoms with Crippen LogP contribution in [-0.2, 0) is 21.5 Å². The molecule has 2 N–H and O–H groups in total. The van der Waals surface area contributed by atoms with Crippen LogP contribution in [0.2, 0.25) is 5.02 Å². The Morgan fingerprint density at radius 3 is 2.62 bits per heavy atom. The third-order valence-corrected chi connectivity index (χ3v) is 6.57. The maximum Gasteiger partial charge on any atom is 0.280 e. The summed E-state index contributed by atoms with van der Waals surface area (Å²) in [5.41, 5.74) is 1.61. The van der Waals surface area contributed by atoms with E-state index in [4.69, 9.17) is 11.6 Å². The number of halogens is 2. The molecule has 2 atom stereocenters. The van der Waals surface area contributed by atoms with Crippen LogP contribution in [0.1, 0.15) is 23.6 Å². The molecule has 0 bridgehead atoms. The SMILES string of the molecule is CN1[C@@H](C(=O)Nc2ccc(F)c(Cl)c2)C[C@@H](c2ccc(CN=O)cc2)NS1(=O)=O. The minimum atomic E-state index is -3.91. The molecule has 0 radical (unpaired) electrons. The van der Waals surface area contributed by atoms with Gasteiger partial charge in [-0.3, -0.25) is 4.79 Å². The number of likely N-dealkylation sites (N-methyl/N-ethyl adjacent to an activating group) is 1. The van der Waals surface area contributed by atoms with Gasteiger partial charge in [-0.25, -0.2) is 4.39 Å². The van der Waals surface area contributed by atoms with Crippen molar-refractivity contribution < 1.29 is 17.6 Å². The molecule has 2 aromatic carbocycles. The number of nitroso groups, excluding NO2 is 1. The van der Waals surface area contributed by atoms with E-state index >= 15 is 0 Å². The van der Waals surface area contributed by atoms with Gasteiger partial charge in [0, 0.05) is 18.8 Å². The van der Waals surface area contributed by atoms with Crippen LogP contribution in [0, 0.1) is 10.7 Å². The number of benzene rings is 2. The highest BCUT2D eigenvalue weighted by Crippen LogP contribution is 2.29. The van der Waals surface area contributed by atoms with E-state index in [0.717, 1.165) is 10.4 Å². The van der Waals surface area contributed by atoms with Crippen molar-refractivity contribution >= 4 is 33.4 Å². The number of carbonyl (C=O) groups is 1. The summed E-state index contributed by atoms with van der Waals surface area (Å²) in [5.74, 6) is -1.19. The number of carbonyl (C=O) groups excluding carboxylic acids is 1. The Morgan fingerprint density at radius 2 is 2.00 bits per heavy atom. The van der Waals surface area contributed by atoms with E-state index in [0.29, 0.717) is 11.1 Å². The van der Waals surface area contributed by atoms with Gasteiger partial charge in [0.25, 0.3) is 10.2 Å². The van der Waals surface area contributed by atoms with Crippen LogP contribution in [0.5, 0.6) is 0 Å². The Balaban J connectivity index is 1.82. The first-order valence-electron chi connectivity index (χ1n) is 8.60. The van der Waals surface area contributed by atoms with E-state index in [-0.39, 0.29) is 23.7 Å². The molecule has 1 amide bonds. The molecule has 0 aliphatic carbocycles. The lowest BCUT2D eigenvalue weighted by molar-refractivity contribution is -0.120. The molecule has 1 saturated heterocycles. The number of anilines is 1. The zero-order chi connectivity index (χ0) is 21.2. The van der Waals surface area contributed by atoms with Gasteiger partial charge in [0.1, 0.15) is 18.4 Å². The highest BCUT2D eigenvalue weighted by atomic mass is 35.5. The normalized spacial score (nSPS) is 21.5. The molecule has 0 aromatic heterocycles. The molecule has 11 heteroatoms. The van der Waals surface area contributed by atoms with Gasteiger partial charge in [-0.15, -0.1) is 0 Å². The zero-order valence-electron chi connectivity index (χ0n) is 15.3. The average molecular weight is 441 g/mol. The van der Waals surface area contributed by atoms with E-state index in [9.17, 15) is 22.5 Å². The van der Waals surface area contributed by atoms with Crippen molar-refractivity contribution in [3.8, 4) is 0 Å². The summed E-state index contributed by atoms with van der Waals surface area (Å²) < 4.78 is 41.8. The van der Waals surface area contributed by atoms with Crippen LogP contribution in [0.25, 0.3) is 0 Å². The lowest BCUT2D eigenvalue weighted by atomic mass is 9.98. The van der Waals surface area contributed by atoms with Crippen molar-refractivity contribution in [2.75, 3.05) is 12.4 Å². The fourth-order valence-corrected chi connectivity index (χ4v) is 4.51. The quantitative estimate of drug-likeness (QED) is 0.697. The molecule has 3 rings (SSSR count). The molecule has 0 unspecified atom stereocenters. The molecule has 0 saturated carbocycles. The Hall–Kier alpha value is -2.40. The summed E-state index contributed by atoms with van der Waals surface area (Å²) in [6.07, 6.45) is 0.168. The maximum atomic E-state index is 13.3. The van der Waals surface area contributed by atoms with E-state index < -0.39 is 34.0 Å². The second-order valence-electron chi connectivity index (χ2n) is 6.59. The molecule has 1 aliphatic heterocycles. The van der Waals surface area contributed by atoms with Crippen molar-refractivity contribution in [2.24, 2.45) is 5.18 Å². The first-order chi connectivity index (χ1) is 13.7. The molecule has 1 heterocycles. The first-order valence-corrected chi connectivity index (χ1v) is 10.4. The highest BCUT2D eigenvalue weighted by molar-refractivity contribution is 7.87.